The number of carbonyl (C=O) groups excluding carboxylic acids is 1. The zero-order valence-corrected chi connectivity index (χ0v) is 12.4. The fourth-order valence-corrected chi connectivity index (χ4v) is 2.89. The highest BCUT2D eigenvalue weighted by molar-refractivity contribution is 5.91. The van der Waals surface area contributed by atoms with Gasteiger partial charge in [0.05, 0.1) is 0 Å². The topological polar surface area (TPSA) is 66.9 Å². The number of nitrogens with one attached hydrogen (secondary N) is 2. The summed E-state index contributed by atoms with van der Waals surface area (Å²) in [6.07, 6.45) is 7.64. The molecule has 0 bridgehead atoms. The van der Waals surface area contributed by atoms with Crippen LogP contribution in [0.5, 0.6) is 0 Å². The predicted molar refractivity (Wildman–Crippen MR) is 79.7 cm³/mol. The van der Waals surface area contributed by atoms with E-state index in [0.29, 0.717) is 11.7 Å². The Morgan fingerprint density at radius 1 is 1.35 bits per heavy atom. The first-order valence-electron chi connectivity index (χ1n) is 7.57. The van der Waals surface area contributed by atoms with E-state index >= 15 is 0 Å². The van der Waals surface area contributed by atoms with Gasteiger partial charge in [-0.3, -0.25) is 4.79 Å². The summed E-state index contributed by atoms with van der Waals surface area (Å²) < 4.78 is 0. The molecule has 110 valence electrons. The van der Waals surface area contributed by atoms with Crippen molar-refractivity contribution in [1.29, 1.82) is 0 Å². The van der Waals surface area contributed by atoms with Crippen molar-refractivity contribution in [2.24, 2.45) is 5.92 Å². The van der Waals surface area contributed by atoms with Gasteiger partial charge in [0, 0.05) is 13.1 Å². The molecule has 1 saturated carbocycles. The first kappa shape index (κ1) is 14.8. The molecule has 0 radical (unpaired) electrons. The molecule has 1 aliphatic rings. The van der Waals surface area contributed by atoms with E-state index in [9.17, 15) is 4.79 Å². The first-order valence-corrected chi connectivity index (χ1v) is 7.57. The minimum absolute atomic E-state index is 0.203. The van der Waals surface area contributed by atoms with Crippen LogP contribution in [0.15, 0.2) is 12.1 Å². The average Bonchev–Trinajstić information content (AvgIpc) is 2.92. The number of aromatic nitrogens is 2. The number of carbonyl (C=O) groups is 1. The van der Waals surface area contributed by atoms with Crippen molar-refractivity contribution in [2.45, 2.75) is 51.5 Å². The van der Waals surface area contributed by atoms with Crippen LogP contribution in [0.2, 0.25) is 0 Å². The SMILES string of the molecule is CCCCC1CCCC1Nc1ccc(C(=O)NC)nn1. The molecule has 1 aromatic rings. The Morgan fingerprint density at radius 3 is 2.85 bits per heavy atom. The smallest absolute Gasteiger partial charge is 0.271 e. The van der Waals surface area contributed by atoms with Gasteiger partial charge in [-0.2, -0.15) is 0 Å². The fraction of sp³-hybridized carbons (Fsp3) is 0.667. The largest absolute Gasteiger partial charge is 0.366 e. The molecule has 1 aliphatic carbocycles. The van der Waals surface area contributed by atoms with Crippen molar-refractivity contribution in [1.82, 2.24) is 15.5 Å². The number of anilines is 1. The van der Waals surface area contributed by atoms with Crippen molar-refractivity contribution >= 4 is 11.7 Å². The molecule has 20 heavy (non-hydrogen) atoms. The molecule has 0 saturated heterocycles. The number of unbranched alkanes of at least 4 members (excludes halogenated alkanes) is 1. The average molecular weight is 276 g/mol. The monoisotopic (exact) mass is 276 g/mol. The van der Waals surface area contributed by atoms with Gasteiger partial charge in [0.1, 0.15) is 5.82 Å². The molecule has 1 fully saturated rings. The van der Waals surface area contributed by atoms with Gasteiger partial charge >= 0.3 is 0 Å². The Labute approximate surface area is 120 Å². The highest BCUT2D eigenvalue weighted by atomic mass is 16.1. The molecule has 5 heteroatoms. The van der Waals surface area contributed by atoms with Gasteiger partial charge in [0.2, 0.25) is 0 Å². The summed E-state index contributed by atoms with van der Waals surface area (Å²) in [5.41, 5.74) is 0.354. The maximum Gasteiger partial charge on any atom is 0.271 e. The maximum atomic E-state index is 11.4. The number of hydrogen-bond donors (Lipinski definition) is 2. The van der Waals surface area contributed by atoms with Gasteiger partial charge < -0.3 is 10.6 Å². The molecular formula is C15H24N4O. The lowest BCUT2D eigenvalue weighted by Crippen LogP contribution is -2.25. The normalized spacial score (nSPS) is 21.7. The van der Waals surface area contributed by atoms with E-state index in [-0.39, 0.29) is 5.91 Å². The standard InChI is InChI=1S/C15H24N4O/c1-3-4-6-11-7-5-8-12(11)17-14-10-9-13(18-19-14)15(20)16-2/h9-12H,3-8H2,1-2H3,(H,16,20)(H,17,19). The van der Waals surface area contributed by atoms with Gasteiger partial charge in [0.25, 0.3) is 5.91 Å². The number of hydrogen-bond acceptors (Lipinski definition) is 4. The third kappa shape index (κ3) is 3.68. The summed E-state index contributed by atoms with van der Waals surface area (Å²) in [5.74, 6) is 1.31. The lowest BCUT2D eigenvalue weighted by Gasteiger charge is -2.21. The van der Waals surface area contributed by atoms with E-state index in [1.54, 1.807) is 13.1 Å². The quantitative estimate of drug-likeness (QED) is 0.838. The van der Waals surface area contributed by atoms with Crippen LogP contribution in [0.1, 0.15) is 55.9 Å². The Kier molecular flexibility index (Phi) is 5.32. The third-order valence-electron chi connectivity index (χ3n) is 4.05. The highest BCUT2D eigenvalue weighted by Gasteiger charge is 2.26. The van der Waals surface area contributed by atoms with Crippen LogP contribution in [-0.4, -0.2) is 29.2 Å². The van der Waals surface area contributed by atoms with Gasteiger partial charge in [0.15, 0.2) is 5.69 Å². The zero-order chi connectivity index (χ0) is 14.4. The van der Waals surface area contributed by atoms with Gasteiger partial charge in [-0.1, -0.05) is 26.2 Å². The second-order valence-electron chi connectivity index (χ2n) is 5.47. The summed E-state index contributed by atoms with van der Waals surface area (Å²) in [7, 11) is 1.59. The van der Waals surface area contributed by atoms with E-state index in [4.69, 9.17) is 0 Å². The number of nitrogens with zero attached hydrogens (tertiary/aromatic N) is 2. The van der Waals surface area contributed by atoms with Crippen molar-refractivity contribution in [3.05, 3.63) is 17.8 Å². The van der Waals surface area contributed by atoms with Crippen LogP contribution in [0, 0.1) is 5.92 Å². The molecule has 1 aromatic heterocycles. The van der Waals surface area contributed by atoms with Crippen molar-refractivity contribution in [2.75, 3.05) is 12.4 Å². The Morgan fingerprint density at radius 2 is 2.20 bits per heavy atom. The molecule has 2 rings (SSSR count). The van der Waals surface area contributed by atoms with Crippen molar-refractivity contribution < 1.29 is 4.79 Å². The van der Waals surface area contributed by atoms with Gasteiger partial charge in [-0.05, 0) is 37.3 Å². The lowest BCUT2D eigenvalue weighted by atomic mass is 9.97. The second-order valence-corrected chi connectivity index (χ2v) is 5.47. The van der Waals surface area contributed by atoms with E-state index in [1.807, 2.05) is 6.07 Å². The summed E-state index contributed by atoms with van der Waals surface area (Å²) in [5, 5.41) is 14.1. The fourth-order valence-electron chi connectivity index (χ4n) is 2.89. The first-order chi connectivity index (χ1) is 9.74. The van der Waals surface area contributed by atoms with Crippen LogP contribution in [0.3, 0.4) is 0 Å². The molecule has 2 N–H and O–H groups in total. The third-order valence-corrected chi connectivity index (χ3v) is 4.05. The van der Waals surface area contributed by atoms with Crippen molar-refractivity contribution in [3.8, 4) is 0 Å². The van der Waals surface area contributed by atoms with Crippen LogP contribution in [0.25, 0.3) is 0 Å². The summed E-state index contributed by atoms with van der Waals surface area (Å²) in [4.78, 5) is 11.4. The molecule has 0 aliphatic heterocycles. The highest BCUT2D eigenvalue weighted by Crippen LogP contribution is 2.31. The Hall–Kier alpha value is -1.65. The Balaban J connectivity index is 1.93. The molecule has 1 heterocycles. The Bertz CT molecular complexity index is 432. The van der Waals surface area contributed by atoms with Crippen LogP contribution in [0.4, 0.5) is 5.82 Å². The predicted octanol–water partition coefficient (Wildman–Crippen LogP) is 2.61. The molecule has 5 nitrogen and oxygen atoms in total. The minimum atomic E-state index is -0.203. The van der Waals surface area contributed by atoms with E-state index < -0.39 is 0 Å². The lowest BCUT2D eigenvalue weighted by molar-refractivity contribution is 0.0957. The molecule has 2 atom stereocenters. The number of rotatable bonds is 6. The van der Waals surface area contributed by atoms with Crippen LogP contribution in [-0.2, 0) is 0 Å². The van der Waals surface area contributed by atoms with E-state index in [1.165, 1.54) is 38.5 Å². The maximum absolute atomic E-state index is 11.4. The van der Waals surface area contributed by atoms with Crippen LogP contribution < -0.4 is 10.6 Å². The summed E-state index contributed by atoms with van der Waals surface area (Å²) in [6, 6.07) is 4.05. The van der Waals surface area contributed by atoms with Gasteiger partial charge in [-0.15, -0.1) is 10.2 Å². The molecule has 0 spiro atoms. The van der Waals surface area contributed by atoms with E-state index in [2.05, 4.69) is 27.8 Å². The number of amides is 1. The summed E-state index contributed by atoms with van der Waals surface area (Å²) >= 11 is 0. The van der Waals surface area contributed by atoms with Crippen molar-refractivity contribution in [3.63, 3.8) is 0 Å². The molecule has 2 unspecified atom stereocenters. The van der Waals surface area contributed by atoms with E-state index in [0.717, 1.165) is 11.7 Å². The summed E-state index contributed by atoms with van der Waals surface area (Å²) in [6.45, 7) is 2.24. The molecule has 0 aromatic carbocycles. The molecular weight excluding hydrogens is 252 g/mol. The minimum Gasteiger partial charge on any atom is -0.366 e. The zero-order valence-electron chi connectivity index (χ0n) is 12.4. The second kappa shape index (κ2) is 7.22. The van der Waals surface area contributed by atoms with Crippen LogP contribution >= 0.6 is 0 Å². The van der Waals surface area contributed by atoms with Gasteiger partial charge in [-0.25, -0.2) is 0 Å². The molecule has 1 amide bonds.